The zero-order chi connectivity index (χ0) is 13.4. The normalized spacial score (nSPS) is 33.2. The predicted octanol–water partition coefficient (Wildman–Crippen LogP) is 2.38. The van der Waals surface area contributed by atoms with Gasteiger partial charge >= 0.3 is 5.97 Å². The van der Waals surface area contributed by atoms with Gasteiger partial charge in [-0.15, -0.1) is 0 Å². The highest BCUT2D eigenvalue weighted by Crippen LogP contribution is 2.36. The lowest BCUT2D eigenvalue weighted by Crippen LogP contribution is -2.48. The van der Waals surface area contributed by atoms with Crippen molar-refractivity contribution in [1.82, 2.24) is 0 Å². The second kappa shape index (κ2) is 4.68. The van der Waals surface area contributed by atoms with E-state index in [0.29, 0.717) is 5.71 Å². The molecule has 0 aromatic heterocycles. The highest BCUT2D eigenvalue weighted by molar-refractivity contribution is 6.13. The summed E-state index contributed by atoms with van der Waals surface area (Å²) in [7, 11) is 0. The second-order valence-electron chi connectivity index (χ2n) is 5.13. The Morgan fingerprint density at radius 3 is 2.68 bits per heavy atom. The fourth-order valence-corrected chi connectivity index (χ4v) is 2.87. The van der Waals surface area contributed by atoms with E-state index in [0.717, 1.165) is 12.0 Å². The van der Waals surface area contributed by atoms with E-state index < -0.39 is 0 Å². The van der Waals surface area contributed by atoms with Gasteiger partial charge in [-0.1, -0.05) is 49.3 Å². The number of nitrogens with zero attached hydrogens (tertiary/aromatic N) is 1. The third kappa shape index (κ3) is 1.91. The van der Waals surface area contributed by atoms with Crippen LogP contribution in [-0.4, -0.2) is 23.9 Å². The Balaban J connectivity index is 1.91. The summed E-state index contributed by atoms with van der Waals surface area (Å²) in [6, 6.07) is 9.67. The molecule has 0 spiro atoms. The minimum atomic E-state index is -0.389. The van der Waals surface area contributed by atoms with Crippen molar-refractivity contribution in [2.45, 2.75) is 32.5 Å². The van der Waals surface area contributed by atoms with Gasteiger partial charge in [0.2, 0.25) is 0 Å². The maximum Gasteiger partial charge on any atom is 0.319 e. The SMILES string of the molecule is CCC1OC(=O)C2C(c3ccccc3)=NOC2[C@H]1C. The average molecular weight is 259 g/mol. The average Bonchev–Trinajstić information content (AvgIpc) is 2.89. The van der Waals surface area contributed by atoms with Gasteiger partial charge < -0.3 is 9.57 Å². The number of hydrogen-bond donors (Lipinski definition) is 0. The number of rotatable bonds is 2. The van der Waals surface area contributed by atoms with Gasteiger partial charge in [-0.3, -0.25) is 4.79 Å². The number of carbonyl (C=O) groups excluding carboxylic acids is 1. The lowest BCUT2D eigenvalue weighted by atomic mass is 9.81. The number of hydrogen-bond acceptors (Lipinski definition) is 4. The van der Waals surface area contributed by atoms with Crippen LogP contribution in [0.15, 0.2) is 35.5 Å². The monoisotopic (exact) mass is 259 g/mol. The Kier molecular flexibility index (Phi) is 3.01. The Labute approximate surface area is 112 Å². The third-order valence-electron chi connectivity index (χ3n) is 3.99. The molecule has 100 valence electrons. The van der Waals surface area contributed by atoms with E-state index >= 15 is 0 Å². The van der Waals surface area contributed by atoms with Crippen LogP contribution in [0, 0.1) is 11.8 Å². The molecule has 2 heterocycles. The van der Waals surface area contributed by atoms with Crippen molar-refractivity contribution in [3.63, 3.8) is 0 Å². The largest absolute Gasteiger partial charge is 0.461 e. The van der Waals surface area contributed by atoms with E-state index in [1.54, 1.807) is 0 Å². The summed E-state index contributed by atoms with van der Waals surface area (Å²) in [4.78, 5) is 17.7. The van der Waals surface area contributed by atoms with Gasteiger partial charge in [0.25, 0.3) is 0 Å². The molecule has 1 aromatic rings. The molecule has 0 saturated carbocycles. The zero-order valence-electron chi connectivity index (χ0n) is 11.1. The first-order chi connectivity index (χ1) is 9.22. The molecule has 4 heteroatoms. The number of fused-ring (bicyclic) bond motifs is 1. The number of esters is 1. The highest BCUT2D eigenvalue weighted by atomic mass is 16.7. The van der Waals surface area contributed by atoms with Gasteiger partial charge in [-0.25, -0.2) is 0 Å². The molecule has 3 rings (SSSR count). The molecular weight excluding hydrogens is 242 g/mol. The summed E-state index contributed by atoms with van der Waals surface area (Å²) < 4.78 is 5.51. The molecule has 2 aliphatic heterocycles. The number of oxime groups is 1. The molecule has 19 heavy (non-hydrogen) atoms. The molecular formula is C15H17NO3. The van der Waals surface area contributed by atoms with Crippen LogP contribution >= 0.6 is 0 Å². The van der Waals surface area contributed by atoms with Crippen molar-refractivity contribution < 1.29 is 14.4 Å². The lowest BCUT2D eigenvalue weighted by Gasteiger charge is -2.34. The minimum Gasteiger partial charge on any atom is -0.461 e. The van der Waals surface area contributed by atoms with Crippen LogP contribution in [0.25, 0.3) is 0 Å². The van der Waals surface area contributed by atoms with Gasteiger partial charge in [0.1, 0.15) is 17.7 Å². The first-order valence-corrected chi connectivity index (χ1v) is 6.72. The van der Waals surface area contributed by atoms with Gasteiger partial charge in [0.15, 0.2) is 6.10 Å². The Morgan fingerprint density at radius 2 is 2.00 bits per heavy atom. The maximum absolute atomic E-state index is 12.2. The molecule has 0 amide bonds. The van der Waals surface area contributed by atoms with E-state index in [1.165, 1.54) is 0 Å². The van der Waals surface area contributed by atoms with Crippen LogP contribution in [0.5, 0.6) is 0 Å². The van der Waals surface area contributed by atoms with Crippen LogP contribution in [0.4, 0.5) is 0 Å². The van der Waals surface area contributed by atoms with E-state index in [9.17, 15) is 4.79 Å². The number of benzene rings is 1. The van der Waals surface area contributed by atoms with Crippen LogP contribution in [0.3, 0.4) is 0 Å². The van der Waals surface area contributed by atoms with Gasteiger partial charge in [-0.2, -0.15) is 0 Å². The van der Waals surface area contributed by atoms with Crippen LogP contribution in [-0.2, 0) is 14.4 Å². The summed E-state index contributed by atoms with van der Waals surface area (Å²) in [6.07, 6.45) is 0.542. The minimum absolute atomic E-state index is 0.0703. The molecule has 3 unspecified atom stereocenters. The summed E-state index contributed by atoms with van der Waals surface area (Å²) in [5.41, 5.74) is 1.62. The Bertz CT molecular complexity index is 511. The summed E-state index contributed by atoms with van der Waals surface area (Å²) in [5.74, 6) is -0.437. The molecule has 0 bridgehead atoms. The first-order valence-electron chi connectivity index (χ1n) is 6.72. The highest BCUT2D eigenvalue weighted by Gasteiger charge is 2.51. The van der Waals surface area contributed by atoms with Crippen molar-refractivity contribution in [2.24, 2.45) is 17.0 Å². The lowest BCUT2D eigenvalue weighted by molar-refractivity contribution is -0.174. The van der Waals surface area contributed by atoms with Crippen molar-refractivity contribution in [2.75, 3.05) is 0 Å². The van der Waals surface area contributed by atoms with Gasteiger partial charge in [0.05, 0.1) is 0 Å². The van der Waals surface area contributed by atoms with Crippen molar-refractivity contribution >= 4 is 11.7 Å². The third-order valence-corrected chi connectivity index (χ3v) is 3.99. The molecule has 1 aromatic carbocycles. The van der Waals surface area contributed by atoms with E-state index in [-0.39, 0.29) is 30.0 Å². The predicted molar refractivity (Wildman–Crippen MR) is 70.7 cm³/mol. The van der Waals surface area contributed by atoms with Crippen LogP contribution in [0.1, 0.15) is 25.8 Å². The Hall–Kier alpha value is -1.84. The molecule has 1 saturated heterocycles. The number of carbonyl (C=O) groups is 1. The zero-order valence-corrected chi connectivity index (χ0v) is 11.1. The molecule has 0 N–H and O–H groups in total. The smallest absolute Gasteiger partial charge is 0.319 e. The van der Waals surface area contributed by atoms with E-state index in [4.69, 9.17) is 9.57 Å². The maximum atomic E-state index is 12.2. The summed E-state index contributed by atoms with van der Waals surface area (Å²) in [5, 5.41) is 4.14. The van der Waals surface area contributed by atoms with Crippen LogP contribution in [0.2, 0.25) is 0 Å². The first kappa shape index (κ1) is 12.2. The topological polar surface area (TPSA) is 47.9 Å². The fraction of sp³-hybridized carbons (Fsp3) is 0.467. The molecule has 2 aliphatic rings. The van der Waals surface area contributed by atoms with Crippen LogP contribution < -0.4 is 0 Å². The Morgan fingerprint density at radius 1 is 1.26 bits per heavy atom. The fourth-order valence-electron chi connectivity index (χ4n) is 2.87. The van der Waals surface area contributed by atoms with E-state index in [1.807, 2.05) is 37.3 Å². The van der Waals surface area contributed by atoms with Gasteiger partial charge in [-0.05, 0) is 6.42 Å². The van der Waals surface area contributed by atoms with E-state index in [2.05, 4.69) is 12.1 Å². The summed E-state index contributed by atoms with van der Waals surface area (Å²) in [6.45, 7) is 4.07. The molecule has 0 aliphatic carbocycles. The summed E-state index contributed by atoms with van der Waals surface area (Å²) >= 11 is 0. The standard InChI is InChI=1S/C15H17NO3/c1-3-11-9(2)14-12(15(17)18-11)13(16-19-14)10-7-5-4-6-8-10/h4-9,11-12,14H,3H2,1-2H3/t9-,11?,12?,14?/m0/s1. The molecule has 0 radical (unpaired) electrons. The molecule has 1 fully saturated rings. The van der Waals surface area contributed by atoms with Crippen molar-refractivity contribution in [1.29, 1.82) is 0 Å². The second-order valence-corrected chi connectivity index (χ2v) is 5.13. The van der Waals surface area contributed by atoms with Gasteiger partial charge in [0, 0.05) is 11.5 Å². The quantitative estimate of drug-likeness (QED) is 0.766. The van der Waals surface area contributed by atoms with Crippen molar-refractivity contribution in [3.05, 3.63) is 35.9 Å². The van der Waals surface area contributed by atoms with Crippen molar-refractivity contribution in [3.8, 4) is 0 Å². The molecule has 4 atom stereocenters. The number of cyclic esters (lactones) is 1. The molecule has 4 nitrogen and oxygen atoms in total. The number of ether oxygens (including phenoxy) is 1.